The minimum absolute atomic E-state index is 0.265. The molecule has 4 heteroatoms. The van der Waals surface area contributed by atoms with Gasteiger partial charge in [0.05, 0.1) is 5.54 Å². The summed E-state index contributed by atoms with van der Waals surface area (Å²) in [5, 5.41) is 0. The molecule has 0 unspecified atom stereocenters. The van der Waals surface area contributed by atoms with Crippen molar-refractivity contribution >= 4 is 22.0 Å². The van der Waals surface area contributed by atoms with Gasteiger partial charge < -0.3 is 4.90 Å². The van der Waals surface area contributed by atoms with Crippen molar-refractivity contribution < 1.29 is 4.79 Å². The molecule has 0 atom stereocenters. The van der Waals surface area contributed by atoms with Crippen molar-refractivity contribution in [1.29, 1.82) is 0 Å². The SMILES string of the molecule is CN1CC(c2ccc(C3(N=C=O)CC3)cc2Br)C1. The fourth-order valence-corrected chi connectivity index (χ4v) is 3.42. The van der Waals surface area contributed by atoms with E-state index in [4.69, 9.17) is 0 Å². The van der Waals surface area contributed by atoms with Gasteiger partial charge in [0.15, 0.2) is 0 Å². The van der Waals surface area contributed by atoms with E-state index >= 15 is 0 Å². The Kier molecular flexibility index (Phi) is 2.89. The van der Waals surface area contributed by atoms with Gasteiger partial charge in [0, 0.05) is 23.5 Å². The van der Waals surface area contributed by atoms with Gasteiger partial charge in [-0.1, -0.05) is 28.1 Å². The summed E-state index contributed by atoms with van der Waals surface area (Å²) in [7, 11) is 2.14. The number of nitrogens with zero attached hydrogens (tertiary/aromatic N) is 2. The van der Waals surface area contributed by atoms with Crippen molar-refractivity contribution in [3.8, 4) is 0 Å². The van der Waals surface area contributed by atoms with Gasteiger partial charge in [-0.05, 0) is 37.1 Å². The maximum absolute atomic E-state index is 10.5. The summed E-state index contributed by atoms with van der Waals surface area (Å²) in [6, 6.07) is 6.42. The van der Waals surface area contributed by atoms with E-state index in [2.05, 4.69) is 51.1 Å². The molecule has 0 amide bonds. The standard InChI is InChI=1S/C14H15BrN2O/c1-17-7-10(8-17)12-3-2-11(6-13(12)15)14(4-5-14)16-9-18/h2-3,6,10H,4-5,7-8H2,1H3. The number of benzene rings is 1. The zero-order valence-electron chi connectivity index (χ0n) is 10.3. The van der Waals surface area contributed by atoms with Crippen LogP contribution < -0.4 is 0 Å². The Hall–Kier alpha value is -0.960. The van der Waals surface area contributed by atoms with Gasteiger partial charge in [0.1, 0.15) is 0 Å². The lowest BCUT2D eigenvalue weighted by Crippen LogP contribution is -2.41. The quantitative estimate of drug-likeness (QED) is 0.635. The van der Waals surface area contributed by atoms with Crippen LogP contribution in [0.3, 0.4) is 0 Å². The van der Waals surface area contributed by atoms with Crippen molar-refractivity contribution in [1.82, 2.24) is 4.90 Å². The van der Waals surface area contributed by atoms with E-state index in [1.807, 2.05) is 0 Å². The molecule has 1 aromatic rings. The van der Waals surface area contributed by atoms with Gasteiger partial charge in [-0.25, -0.2) is 4.79 Å². The van der Waals surface area contributed by atoms with Crippen LogP contribution in [0.5, 0.6) is 0 Å². The number of halogens is 1. The lowest BCUT2D eigenvalue weighted by atomic mass is 9.90. The van der Waals surface area contributed by atoms with Crippen LogP contribution in [-0.4, -0.2) is 31.1 Å². The molecule has 1 saturated heterocycles. The van der Waals surface area contributed by atoms with Gasteiger partial charge in [-0.2, -0.15) is 4.99 Å². The summed E-state index contributed by atoms with van der Waals surface area (Å²) in [5.41, 5.74) is 2.23. The molecule has 18 heavy (non-hydrogen) atoms. The zero-order valence-corrected chi connectivity index (χ0v) is 11.9. The predicted molar refractivity (Wildman–Crippen MR) is 73.4 cm³/mol. The van der Waals surface area contributed by atoms with E-state index in [9.17, 15) is 4.79 Å². The minimum Gasteiger partial charge on any atom is -0.305 e. The molecule has 94 valence electrons. The van der Waals surface area contributed by atoms with E-state index in [-0.39, 0.29) is 5.54 Å². The molecule has 0 bridgehead atoms. The molecular weight excluding hydrogens is 292 g/mol. The molecule has 3 rings (SSSR count). The molecule has 3 nitrogen and oxygen atoms in total. The first-order chi connectivity index (χ1) is 8.64. The maximum atomic E-state index is 10.5. The summed E-state index contributed by atoms with van der Waals surface area (Å²) in [6.07, 6.45) is 3.62. The van der Waals surface area contributed by atoms with Gasteiger partial charge in [-0.3, -0.25) is 0 Å². The lowest BCUT2D eigenvalue weighted by Gasteiger charge is -2.37. The highest BCUT2D eigenvalue weighted by Crippen LogP contribution is 2.50. The molecule has 1 heterocycles. The fourth-order valence-electron chi connectivity index (χ4n) is 2.71. The number of hydrogen-bond donors (Lipinski definition) is 0. The van der Waals surface area contributed by atoms with Gasteiger partial charge in [0.25, 0.3) is 0 Å². The third kappa shape index (κ3) is 1.95. The second-order valence-corrected chi connectivity index (χ2v) is 6.24. The molecule has 0 radical (unpaired) electrons. The number of aliphatic imine (C=N–C) groups is 1. The summed E-state index contributed by atoms with van der Waals surface area (Å²) in [6.45, 7) is 2.24. The Morgan fingerprint density at radius 2 is 2.17 bits per heavy atom. The Labute approximate surface area is 115 Å². The Bertz CT molecular complexity index is 527. The Balaban J connectivity index is 1.88. The number of likely N-dealkylation sites (tertiary alicyclic amines) is 1. The van der Waals surface area contributed by atoms with Crippen molar-refractivity contribution in [2.75, 3.05) is 20.1 Å². The molecular formula is C14H15BrN2O. The third-order valence-electron chi connectivity index (χ3n) is 4.03. The lowest BCUT2D eigenvalue weighted by molar-refractivity contribution is 0.189. The first-order valence-corrected chi connectivity index (χ1v) is 7.01. The molecule has 0 spiro atoms. The third-order valence-corrected chi connectivity index (χ3v) is 4.71. The zero-order chi connectivity index (χ0) is 12.8. The van der Waals surface area contributed by atoms with Gasteiger partial charge in [-0.15, -0.1) is 0 Å². The second-order valence-electron chi connectivity index (χ2n) is 5.39. The van der Waals surface area contributed by atoms with Crippen LogP contribution in [-0.2, 0) is 10.3 Å². The minimum atomic E-state index is -0.265. The predicted octanol–water partition coefficient (Wildman–Crippen LogP) is 2.80. The second kappa shape index (κ2) is 4.30. The summed E-state index contributed by atoms with van der Waals surface area (Å²) >= 11 is 3.65. The van der Waals surface area contributed by atoms with E-state index in [0.717, 1.165) is 36.0 Å². The average Bonchev–Trinajstić information content (AvgIpc) is 3.07. The molecule has 0 aromatic heterocycles. The largest absolute Gasteiger partial charge is 0.305 e. The number of isocyanates is 1. The van der Waals surface area contributed by atoms with E-state index in [0.29, 0.717) is 5.92 Å². The highest BCUT2D eigenvalue weighted by Gasteiger charge is 2.45. The highest BCUT2D eigenvalue weighted by atomic mass is 79.9. The molecule has 1 aromatic carbocycles. The van der Waals surface area contributed by atoms with Crippen molar-refractivity contribution in [2.45, 2.75) is 24.3 Å². The van der Waals surface area contributed by atoms with Crippen LogP contribution in [0.4, 0.5) is 0 Å². The van der Waals surface area contributed by atoms with Crippen LogP contribution in [0, 0.1) is 0 Å². The number of carbonyl (C=O) groups excluding carboxylic acids is 1. The van der Waals surface area contributed by atoms with Crippen molar-refractivity contribution in [3.63, 3.8) is 0 Å². The monoisotopic (exact) mass is 306 g/mol. The highest BCUT2D eigenvalue weighted by molar-refractivity contribution is 9.10. The molecule has 0 N–H and O–H groups in total. The first kappa shape index (κ1) is 12.1. The number of likely N-dealkylation sites (N-methyl/N-ethyl adjacent to an activating group) is 1. The fraction of sp³-hybridized carbons (Fsp3) is 0.500. The van der Waals surface area contributed by atoms with E-state index in [1.54, 1.807) is 6.08 Å². The Morgan fingerprint density at radius 3 is 2.67 bits per heavy atom. The molecule has 1 aliphatic heterocycles. The van der Waals surface area contributed by atoms with Crippen LogP contribution in [0.25, 0.3) is 0 Å². The first-order valence-electron chi connectivity index (χ1n) is 6.22. The van der Waals surface area contributed by atoms with Crippen LogP contribution in [0.1, 0.15) is 29.9 Å². The molecule has 2 fully saturated rings. The smallest absolute Gasteiger partial charge is 0.235 e. The van der Waals surface area contributed by atoms with E-state index < -0.39 is 0 Å². The van der Waals surface area contributed by atoms with Crippen LogP contribution >= 0.6 is 15.9 Å². The number of rotatable bonds is 3. The molecule has 1 aliphatic carbocycles. The van der Waals surface area contributed by atoms with Gasteiger partial charge >= 0.3 is 0 Å². The average molecular weight is 307 g/mol. The maximum Gasteiger partial charge on any atom is 0.235 e. The normalized spacial score (nSPS) is 22.1. The van der Waals surface area contributed by atoms with Crippen molar-refractivity contribution in [2.24, 2.45) is 4.99 Å². The van der Waals surface area contributed by atoms with Crippen LogP contribution in [0.15, 0.2) is 27.7 Å². The molecule has 1 saturated carbocycles. The Morgan fingerprint density at radius 1 is 1.44 bits per heavy atom. The van der Waals surface area contributed by atoms with Crippen molar-refractivity contribution in [3.05, 3.63) is 33.8 Å². The number of hydrogen-bond acceptors (Lipinski definition) is 3. The molecule has 2 aliphatic rings. The van der Waals surface area contributed by atoms with Gasteiger partial charge in [0.2, 0.25) is 6.08 Å². The summed E-state index contributed by atoms with van der Waals surface area (Å²) < 4.78 is 1.14. The summed E-state index contributed by atoms with van der Waals surface area (Å²) in [4.78, 5) is 16.8. The topological polar surface area (TPSA) is 32.7 Å². The summed E-state index contributed by atoms with van der Waals surface area (Å²) in [5.74, 6) is 0.628. The van der Waals surface area contributed by atoms with Crippen LogP contribution in [0.2, 0.25) is 0 Å². The van der Waals surface area contributed by atoms with E-state index in [1.165, 1.54) is 5.56 Å².